The molecule has 0 radical (unpaired) electrons. The molecule has 1 N–H and O–H groups in total. The minimum atomic E-state index is -0.244. The highest BCUT2D eigenvalue weighted by molar-refractivity contribution is 6.30. The van der Waals surface area contributed by atoms with Gasteiger partial charge in [-0.3, -0.25) is 14.6 Å². The van der Waals surface area contributed by atoms with Gasteiger partial charge in [0.25, 0.3) is 0 Å². The van der Waals surface area contributed by atoms with Gasteiger partial charge in [0.2, 0.25) is 11.8 Å². The van der Waals surface area contributed by atoms with Gasteiger partial charge in [-0.05, 0) is 35.9 Å². The first-order chi connectivity index (χ1) is 10.6. The molecule has 0 fully saturated rings. The zero-order valence-corrected chi connectivity index (χ0v) is 12.9. The summed E-state index contributed by atoms with van der Waals surface area (Å²) in [5.41, 5.74) is 1.54. The van der Waals surface area contributed by atoms with Crippen LogP contribution >= 0.6 is 11.6 Å². The number of hydrogen-bond acceptors (Lipinski definition) is 3. The monoisotopic (exact) mass is 317 g/mol. The lowest BCUT2D eigenvalue weighted by Crippen LogP contribution is -2.39. The van der Waals surface area contributed by atoms with E-state index in [0.29, 0.717) is 17.3 Å². The number of nitrogens with zero attached hydrogens (tertiary/aromatic N) is 2. The second kappa shape index (κ2) is 7.56. The highest BCUT2D eigenvalue weighted by atomic mass is 35.5. The minimum absolute atomic E-state index is 0.0548. The molecule has 1 heterocycles. The molecule has 2 rings (SSSR count). The molecule has 0 aliphatic rings. The number of aromatic nitrogens is 1. The highest BCUT2D eigenvalue weighted by Gasteiger charge is 2.15. The van der Waals surface area contributed by atoms with Gasteiger partial charge in [-0.2, -0.15) is 0 Å². The van der Waals surface area contributed by atoms with Crippen molar-refractivity contribution >= 4 is 29.1 Å². The van der Waals surface area contributed by atoms with Gasteiger partial charge in [-0.15, -0.1) is 0 Å². The standard InChI is InChI=1S/C16H16ClN3O2/c1-12(21)20(15-4-2-3-14(17)9-15)11-16(22)19-10-13-5-7-18-8-6-13/h2-9H,10-11H2,1H3,(H,19,22). The van der Waals surface area contributed by atoms with E-state index in [-0.39, 0.29) is 18.4 Å². The van der Waals surface area contributed by atoms with Gasteiger partial charge in [0.05, 0.1) is 0 Å². The molecule has 22 heavy (non-hydrogen) atoms. The van der Waals surface area contributed by atoms with Crippen LogP contribution in [0.2, 0.25) is 5.02 Å². The third kappa shape index (κ3) is 4.56. The number of nitrogens with one attached hydrogen (secondary N) is 1. The summed E-state index contributed by atoms with van der Waals surface area (Å²) < 4.78 is 0. The van der Waals surface area contributed by atoms with Crippen LogP contribution in [0.4, 0.5) is 5.69 Å². The first kappa shape index (κ1) is 16.0. The van der Waals surface area contributed by atoms with Gasteiger partial charge in [0, 0.05) is 36.6 Å². The summed E-state index contributed by atoms with van der Waals surface area (Å²) in [4.78, 5) is 29.1. The maximum atomic E-state index is 12.0. The normalized spacial score (nSPS) is 10.1. The molecule has 0 saturated carbocycles. The van der Waals surface area contributed by atoms with E-state index in [1.54, 1.807) is 36.7 Å². The summed E-state index contributed by atoms with van der Waals surface area (Å²) in [6.07, 6.45) is 3.32. The molecule has 114 valence electrons. The van der Waals surface area contributed by atoms with E-state index in [2.05, 4.69) is 10.3 Å². The van der Waals surface area contributed by atoms with Crippen molar-refractivity contribution in [1.29, 1.82) is 0 Å². The van der Waals surface area contributed by atoms with Gasteiger partial charge in [-0.1, -0.05) is 17.7 Å². The van der Waals surface area contributed by atoms with Crippen LogP contribution in [-0.2, 0) is 16.1 Å². The Morgan fingerprint density at radius 1 is 1.23 bits per heavy atom. The number of carbonyl (C=O) groups is 2. The molecule has 6 heteroatoms. The number of pyridine rings is 1. The number of hydrogen-bond donors (Lipinski definition) is 1. The number of carbonyl (C=O) groups excluding carboxylic acids is 2. The maximum absolute atomic E-state index is 12.0. The fourth-order valence-corrected chi connectivity index (χ4v) is 2.11. The van der Waals surface area contributed by atoms with Crippen molar-refractivity contribution in [3.8, 4) is 0 Å². The van der Waals surface area contributed by atoms with Crippen molar-refractivity contribution < 1.29 is 9.59 Å². The van der Waals surface area contributed by atoms with Crippen molar-refractivity contribution in [3.05, 3.63) is 59.4 Å². The zero-order chi connectivity index (χ0) is 15.9. The topological polar surface area (TPSA) is 62.3 Å². The summed E-state index contributed by atoms with van der Waals surface area (Å²) in [5, 5.41) is 3.29. The second-order valence-electron chi connectivity index (χ2n) is 4.72. The van der Waals surface area contributed by atoms with Crippen LogP contribution in [0.15, 0.2) is 48.8 Å². The smallest absolute Gasteiger partial charge is 0.240 e. The lowest BCUT2D eigenvalue weighted by molar-refractivity contribution is -0.123. The molecule has 0 atom stereocenters. The zero-order valence-electron chi connectivity index (χ0n) is 12.1. The van der Waals surface area contributed by atoms with E-state index in [4.69, 9.17) is 11.6 Å². The number of rotatable bonds is 5. The van der Waals surface area contributed by atoms with Gasteiger partial charge >= 0.3 is 0 Å². The summed E-state index contributed by atoms with van der Waals surface area (Å²) >= 11 is 5.93. The number of benzene rings is 1. The fraction of sp³-hybridized carbons (Fsp3) is 0.188. The maximum Gasteiger partial charge on any atom is 0.240 e. The van der Waals surface area contributed by atoms with Gasteiger partial charge in [0.15, 0.2) is 0 Å². The van der Waals surface area contributed by atoms with Crippen molar-refractivity contribution in [1.82, 2.24) is 10.3 Å². The van der Waals surface area contributed by atoms with E-state index in [9.17, 15) is 9.59 Å². The Morgan fingerprint density at radius 3 is 2.59 bits per heavy atom. The minimum Gasteiger partial charge on any atom is -0.350 e. The van der Waals surface area contributed by atoms with E-state index < -0.39 is 0 Å². The molecule has 1 aromatic carbocycles. The number of anilines is 1. The third-order valence-corrected chi connectivity index (χ3v) is 3.28. The molecule has 5 nitrogen and oxygen atoms in total. The molecule has 0 bridgehead atoms. The van der Waals surface area contributed by atoms with Crippen molar-refractivity contribution in [2.24, 2.45) is 0 Å². The molecular weight excluding hydrogens is 302 g/mol. The first-order valence-electron chi connectivity index (χ1n) is 6.75. The Bertz CT molecular complexity index is 661. The molecule has 0 unspecified atom stereocenters. The second-order valence-corrected chi connectivity index (χ2v) is 5.15. The average Bonchev–Trinajstić information content (AvgIpc) is 2.51. The Labute approximate surface area is 133 Å². The van der Waals surface area contributed by atoms with Crippen molar-refractivity contribution in [3.63, 3.8) is 0 Å². The van der Waals surface area contributed by atoms with Gasteiger partial charge < -0.3 is 10.2 Å². The summed E-state index contributed by atoms with van der Waals surface area (Å²) in [7, 11) is 0. The molecule has 0 saturated heterocycles. The van der Waals surface area contributed by atoms with E-state index >= 15 is 0 Å². The van der Waals surface area contributed by atoms with E-state index in [1.165, 1.54) is 11.8 Å². The number of halogens is 1. The Hall–Kier alpha value is -2.40. The Balaban J connectivity index is 1.99. The quantitative estimate of drug-likeness (QED) is 0.921. The van der Waals surface area contributed by atoms with Crippen LogP contribution in [0.25, 0.3) is 0 Å². The van der Waals surface area contributed by atoms with Gasteiger partial charge in [-0.25, -0.2) is 0 Å². The molecular formula is C16H16ClN3O2. The fourth-order valence-electron chi connectivity index (χ4n) is 1.93. The largest absolute Gasteiger partial charge is 0.350 e. The van der Waals surface area contributed by atoms with E-state index in [1.807, 2.05) is 12.1 Å². The molecule has 0 aliphatic carbocycles. The van der Waals surface area contributed by atoms with Crippen LogP contribution in [0, 0.1) is 0 Å². The van der Waals surface area contributed by atoms with Crippen molar-refractivity contribution in [2.45, 2.75) is 13.5 Å². The Morgan fingerprint density at radius 2 is 1.95 bits per heavy atom. The predicted molar refractivity (Wildman–Crippen MR) is 85.6 cm³/mol. The summed E-state index contributed by atoms with van der Waals surface area (Å²) in [6.45, 7) is 1.75. The molecule has 2 amide bonds. The lowest BCUT2D eigenvalue weighted by atomic mass is 10.2. The Kier molecular flexibility index (Phi) is 5.49. The highest BCUT2D eigenvalue weighted by Crippen LogP contribution is 2.19. The van der Waals surface area contributed by atoms with Crippen LogP contribution in [0.1, 0.15) is 12.5 Å². The SMILES string of the molecule is CC(=O)N(CC(=O)NCc1ccncc1)c1cccc(Cl)c1. The molecule has 0 aliphatic heterocycles. The van der Waals surface area contributed by atoms with Crippen molar-refractivity contribution in [2.75, 3.05) is 11.4 Å². The van der Waals surface area contributed by atoms with Crippen LogP contribution in [0.3, 0.4) is 0 Å². The lowest BCUT2D eigenvalue weighted by Gasteiger charge is -2.20. The molecule has 2 aromatic rings. The molecule has 1 aromatic heterocycles. The molecule has 0 spiro atoms. The summed E-state index contributed by atoms with van der Waals surface area (Å²) in [6, 6.07) is 10.5. The summed E-state index contributed by atoms with van der Waals surface area (Å²) in [5.74, 6) is -0.465. The number of amides is 2. The van der Waals surface area contributed by atoms with E-state index in [0.717, 1.165) is 5.56 Å². The van der Waals surface area contributed by atoms with Crippen LogP contribution in [-0.4, -0.2) is 23.3 Å². The average molecular weight is 318 g/mol. The third-order valence-electron chi connectivity index (χ3n) is 3.04. The van der Waals surface area contributed by atoms with Gasteiger partial charge in [0.1, 0.15) is 6.54 Å². The first-order valence-corrected chi connectivity index (χ1v) is 7.13. The predicted octanol–water partition coefficient (Wildman–Crippen LogP) is 2.40. The van der Waals surface area contributed by atoms with Crippen LogP contribution in [0.5, 0.6) is 0 Å². The van der Waals surface area contributed by atoms with Crippen LogP contribution < -0.4 is 10.2 Å².